The van der Waals surface area contributed by atoms with Gasteiger partial charge in [0.1, 0.15) is 11.8 Å². The molecule has 0 aromatic heterocycles. The van der Waals surface area contributed by atoms with Crippen molar-refractivity contribution in [2.45, 2.75) is 26.3 Å². The highest BCUT2D eigenvalue weighted by Crippen LogP contribution is 2.25. The van der Waals surface area contributed by atoms with Gasteiger partial charge in [0.25, 0.3) is 0 Å². The molecule has 19 heavy (non-hydrogen) atoms. The van der Waals surface area contributed by atoms with E-state index in [1.54, 1.807) is 19.9 Å². The van der Waals surface area contributed by atoms with Gasteiger partial charge in [0, 0.05) is 18.3 Å². The maximum absolute atomic E-state index is 12.1. The van der Waals surface area contributed by atoms with E-state index in [1.165, 1.54) is 18.2 Å². The minimum absolute atomic E-state index is 0.232. The summed E-state index contributed by atoms with van der Waals surface area (Å²) < 4.78 is 40.0. The fourth-order valence-corrected chi connectivity index (χ4v) is 1.43. The summed E-state index contributed by atoms with van der Waals surface area (Å²) in [6, 6.07) is 4.78. The molecule has 1 rings (SSSR count). The molecular weight excluding hydrogens is 261 g/mol. The van der Waals surface area contributed by atoms with Gasteiger partial charge in [-0.1, -0.05) is 6.07 Å². The topological polar surface area (TPSA) is 50.4 Å². The first-order valence-electron chi connectivity index (χ1n) is 5.72. The molecule has 7 heteroatoms. The third-order valence-corrected chi connectivity index (χ3v) is 2.20. The van der Waals surface area contributed by atoms with E-state index in [0.29, 0.717) is 12.2 Å². The standard InChI is InChI=1S/C12H15F3N2O2/c1-3-16-11(18)8(2)17-9-5-4-6-10(7-9)19-12(13,14)15/h4-8,17H,3H2,1-2H3,(H,16,18). The summed E-state index contributed by atoms with van der Waals surface area (Å²) in [5.74, 6) is -0.565. The molecule has 0 aliphatic rings. The molecule has 0 spiro atoms. The minimum atomic E-state index is -4.73. The Hall–Kier alpha value is -1.92. The molecular formula is C12H15F3N2O2. The first-order chi connectivity index (χ1) is 8.81. The lowest BCUT2D eigenvalue weighted by Crippen LogP contribution is -2.37. The number of likely N-dealkylation sites (N-methyl/N-ethyl adjacent to an activating group) is 1. The molecule has 0 radical (unpaired) electrons. The summed E-state index contributed by atoms with van der Waals surface area (Å²) in [5.41, 5.74) is 0.375. The van der Waals surface area contributed by atoms with Gasteiger partial charge in [-0.15, -0.1) is 13.2 Å². The summed E-state index contributed by atoms with van der Waals surface area (Å²) in [4.78, 5) is 11.5. The first-order valence-corrected chi connectivity index (χ1v) is 5.72. The van der Waals surface area contributed by atoms with Gasteiger partial charge < -0.3 is 15.4 Å². The molecule has 1 atom stereocenters. The van der Waals surface area contributed by atoms with Crippen molar-refractivity contribution in [1.29, 1.82) is 0 Å². The Morgan fingerprint density at radius 1 is 1.42 bits per heavy atom. The van der Waals surface area contributed by atoms with Crippen LogP contribution in [0.2, 0.25) is 0 Å². The largest absolute Gasteiger partial charge is 0.573 e. The van der Waals surface area contributed by atoms with E-state index >= 15 is 0 Å². The summed E-state index contributed by atoms with van der Waals surface area (Å²) >= 11 is 0. The van der Waals surface area contributed by atoms with Crippen LogP contribution in [0.5, 0.6) is 5.75 Å². The number of ether oxygens (including phenoxy) is 1. The molecule has 1 aromatic carbocycles. The third-order valence-electron chi connectivity index (χ3n) is 2.20. The Balaban J connectivity index is 2.69. The van der Waals surface area contributed by atoms with Crippen molar-refractivity contribution in [3.05, 3.63) is 24.3 Å². The number of carbonyl (C=O) groups is 1. The molecule has 1 unspecified atom stereocenters. The van der Waals surface area contributed by atoms with Crippen LogP contribution in [-0.4, -0.2) is 24.9 Å². The Kier molecular flexibility index (Phi) is 5.02. The zero-order valence-corrected chi connectivity index (χ0v) is 10.5. The summed E-state index contributed by atoms with van der Waals surface area (Å²) in [7, 11) is 0. The zero-order valence-electron chi connectivity index (χ0n) is 10.5. The highest BCUT2D eigenvalue weighted by molar-refractivity contribution is 5.84. The number of anilines is 1. The van der Waals surface area contributed by atoms with Crippen LogP contribution in [0.4, 0.5) is 18.9 Å². The molecule has 0 bridgehead atoms. The van der Waals surface area contributed by atoms with E-state index in [1.807, 2.05) is 0 Å². The second-order valence-electron chi connectivity index (χ2n) is 3.84. The molecule has 0 aliphatic heterocycles. The lowest BCUT2D eigenvalue weighted by molar-refractivity contribution is -0.274. The van der Waals surface area contributed by atoms with E-state index in [4.69, 9.17) is 0 Å². The molecule has 106 valence electrons. The second-order valence-corrected chi connectivity index (χ2v) is 3.84. The van der Waals surface area contributed by atoms with E-state index < -0.39 is 12.4 Å². The van der Waals surface area contributed by atoms with Crippen LogP contribution < -0.4 is 15.4 Å². The number of alkyl halides is 3. The van der Waals surface area contributed by atoms with E-state index in [0.717, 1.165) is 0 Å². The second kappa shape index (κ2) is 6.31. The predicted molar refractivity (Wildman–Crippen MR) is 64.9 cm³/mol. The van der Waals surface area contributed by atoms with Gasteiger partial charge in [-0.3, -0.25) is 4.79 Å². The van der Waals surface area contributed by atoms with Crippen molar-refractivity contribution in [2.24, 2.45) is 0 Å². The summed E-state index contributed by atoms with van der Waals surface area (Å²) in [5, 5.41) is 5.40. The van der Waals surface area contributed by atoms with Crippen molar-refractivity contribution >= 4 is 11.6 Å². The molecule has 0 heterocycles. The van der Waals surface area contributed by atoms with Gasteiger partial charge in [-0.05, 0) is 26.0 Å². The van der Waals surface area contributed by atoms with E-state index in [2.05, 4.69) is 15.4 Å². The van der Waals surface area contributed by atoms with Crippen molar-refractivity contribution in [3.8, 4) is 5.75 Å². The van der Waals surface area contributed by atoms with Gasteiger partial charge in [0.2, 0.25) is 5.91 Å². The number of amides is 1. The third kappa shape index (κ3) is 5.50. The van der Waals surface area contributed by atoms with Crippen LogP contribution in [0.3, 0.4) is 0 Å². The van der Waals surface area contributed by atoms with Crippen LogP contribution in [0.25, 0.3) is 0 Å². The van der Waals surface area contributed by atoms with E-state index in [-0.39, 0.29) is 11.7 Å². The quantitative estimate of drug-likeness (QED) is 0.869. The van der Waals surface area contributed by atoms with Gasteiger partial charge >= 0.3 is 6.36 Å². The highest BCUT2D eigenvalue weighted by Gasteiger charge is 2.31. The fourth-order valence-electron chi connectivity index (χ4n) is 1.43. The van der Waals surface area contributed by atoms with Crippen LogP contribution in [-0.2, 0) is 4.79 Å². The molecule has 1 amide bonds. The number of hydrogen-bond acceptors (Lipinski definition) is 3. The minimum Gasteiger partial charge on any atom is -0.406 e. The molecule has 0 aliphatic carbocycles. The van der Waals surface area contributed by atoms with Gasteiger partial charge in [-0.25, -0.2) is 0 Å². The van der Waals surface area contributed by atoms with Gasteiger partial charge in [0.15, 0.2) is 0 Å². The van der Waals surface area contributed by atoms with E-state index in [9.17, 15) is 18.0 Å². The summed E-state index contributed by atoms with van der Waals surface area (Å²) in [6.07, 6.45) is -4.73. The predicted octanol–water partition coefficient (Wildman–Crippen LogP) is 2.52. The van der Waals surface area contributed by atoms with Gasteiger partial charge in [-0.2, -0.15) is 0 Å². The lowest BCUT2D eigenvalue weighted by Gasteiger charge is -2.15. The average molecular weight is 276 g/mol. The van der Waals surface area contributed by atoms with Crippen LogP contribution >= 0.6 is 0 Å². The Bertz CT molecular complexity index is 435. The highest BCUT2D eigenvalue weighted by atomic mass is 19.4. The number of halogens is 3. The van der Waals surface area contributed by atoms with Crippen LogP contribution in [0, 0.1) is 0 Å². The normalized spacial score (nSPS) is 12.7. The SMILES string of the molecule is CCNC(=O)C(C)Nc1cccc(OC(F)(F)F)c1. The summed E-state index contributed by atoms with van der Waals surface area (Å²) in [6.45, 7) is 3.88. The average Bonchev–Trinajstić information content (AvgIpc) is 2.27. The van der Waals surface area contributed by atoms with Crippen molar-refractivity contribution < 1.29 is 22.7 Å². The molecule has 0 fully saturated rings. The van der Waals surface area contributed by atoms with Crippen molar-refractivity contribution in [1.82, 2.24) is 5.32 Å². The molecule has 0 saturated carbocycles. The van der Waals surface area contributed by atoms with Crippen LogP contribution in [0.15, 0.2) is 24.3 Å². The first kappa shape index (κ1) is 15.1. The maximum Gasteiger partial charge on any atom is 0.573 e. The number of rotatable bonds is 5. The maximum atomic E-state index is 12.1. The van der Waals surface area contributed by atoms with Gasteiger partial charge in [0.05, 0.1) is 0 Å². The molecule has 4 nitrogen and oxygen atoms in total. The Morgan fingerprint density at radius 2 is 2.11 bits per heavy atom. The number of carbonyl (C=O) groups excluding carboxylic acids is 1. The monoisotopic (exact) mass is 276 g/mol. The van der Waals surface area contributed by atoms with Crippen LogP contribution in [0.1, 0.15) is 13.8 Å². The number of benzene rings is 1. The molecule has 1 aromatic rings. The number of nitrogens with one attached hydrogen (secondary N) is 2. The molecule has 2 N–H and O–H groups in total. The zero-order chi connectivity index (χ0) is 14.5. The Morgan fingerprint density at radius 3 is 2.68 bits per heavy atom. The fraction of sp³-hybridized carbons (Fsp3) is 0.417. The van der Waals surface area contributed by atoms with Crippen molar-refractivity contribution in [2.75, 3.05) is 11.9 Å². The van der Waals surface area contributed by atoms with Crippen molar-refractivity contribution in [3.63, 3.8) is 0 Å². The number of hydrogen-bond donors (Lipinski definition) is 2. The smallest absolute Gasteiger partial charge is 0.406 e. The lowest BCUT2D eigenvalue weighted by atomic mass is 10.2. The molecule has 0 saturated heterocycles. The Labute approximate surface area is 108 Å².